The predicted octanol–water partition coefficient (Wildman–Crippen LogP) is 4.23. The zero-order valence-corrected chi connectivity index (χ0v) is 16.4. The van der Waals surface area contributed by atoms with E-state index in [0.717, 1.165) is 24.0 Å². The Morgan fingerprint density at radius 1 is 1.00 bits per heavy atom. The van der Waals surface area contributed by atoms with Gasteiger partial charge in [0.05, 0.1) is 4.90 Å². The summed E-state index contributed by atoms with van der Waals surface area (Å²) in [5.41, 5.74) is 2.47. The fraction of sp³-hybridized carbons (Fsp3) is 0.381. The van der Waals surface area contributed by atoms with E-state index in [9.17, 15) is 13.2 Å². The van der Waals surface area contributed by atoms with E-state index in [1.54, 1.807) is 18.2 Å². The van der Waals surface area contributed by atoms with E-state index in [1.165, 1.54) is 25.3 Å². The van der Waals surface area contributed by atoms with Crippen LogP contribution in [-0.4, -0.2) is 21.0 Å². The van der Waals surface area contributed by atoms with Gasteiger partial charge in [0.25, 0.3) is 10.0 Å². The van der Waals surface area contributed by atoms with Gasteiger partial charge in [-0.05, 0) is 37.3 Å². The molecule has 1 fully saturated rings. The van der Waals surface area contributed by atoms with Crippen molar-refractivity contribution in [3.63, 3.8) is 0 Å². The molecule has 0 aliphatic heterocycles. The number of rotatable bonds is 5. The molecule has 5 nitrogen and oxygen atoms in total. The van der Waals surface area contributed by atoms with Gasteiger partial charge in [0.15, 0.2) is 0 Å². The van der Waals surface area contributed by atoms with Crippen LogP contribution in [-0.2, 0) is 10.0 Å². The van der Waals surface area contributed by atoms with Crippen LogP contribution in [0.15, 0.2) is 53.4 Å². The van der Waals surface area contributed by atoms with Gasteiger partial charge in [0, 0.05) is 12.1 Å². The number of sulfonamides is 1. The SMILES string of the molecule is Cc1ccc(-c2ccccc2S(=O)(=O)NC(=O)NCC2CCCCC2)cc1. The summed E-state index contributed by atoms with van der Waals surface area (Å²) in [4.78, 5) is 12.3. The van der Waals surface area contributed by atoms with Crippen LogP contribution < -0.4 is 10.0 Å². The molecule has 0 heterocycles. The molecular weight excluding hydrogens is 360 g/mol. The lowest BCUT2D eigenvalue weighted by molar-refractivity contribution is 0.241. The van der Waals surface area contributed by atoms with Gasteiger partial charge in [-0.3, -0.25) is 0 Å². The zero-order valence-electron chi connectivity index (χ0n) is 15.6. The summed E-state index contributed by atoms with van der Waals surface area (Å²) in [7, 11) is -3.96. The van der Waals surface area contributed by atoms with Gasteiger partial charge in [-0.15, -0.1) is 0 Å². The number of urea groups is 1. The van der Waals surface area contributed by atoms with Gasteiger partial charge in [0.1, 0.15) is 0 Å². The van der Waals surface area contributed by atoms with Gasteiger partial charge in [-0.1, -0.05) is 67.3 Å². The Kier molecular flexibility index (Phi) is 6.16. The van der Waals surface area contributed by atoms with Crippen molar-refractivity contribution in [2.45, 2.75) is 43.9 Å². The molecule has 0 aromatic heterocycles. The third kappa shape index (κ3) is 5.10. The molecule has 0 unspecified atom stereocenters. The summed E-state index contributed by atoms with van der Waals surface area (Å²) in [5, 5.41) is 2.72. The molecule has 2 N–H and O–H groups in total. The topological polar surface area (TPSA) is 75.3 Å². The number of nitrogens with one attached hydrogen (secondary N) is 2. The molecule has 2 amide bonds. The summed E-state index contributed by atoms with van der Waals surface area (Å²) >= 11 is 0. The first-order valence-electron chi connectivity index (χ1n) is 9.42. The smallest absolute Gasteiger partial charge is 0.328 e. The van der Waals surface area contributed by atoms with Crippen molar-refractivity contribution in [3.8, 4) is 11.1 Å². The lowest BCUT2D eigenvalue weighted by Crippen LogP contribution is -2.41. The summed E-state index contributed by atoms with van der Waals surface area (Å²) in [5.74, 6) is 0.437. The molecule has 144 valence electrons. The summed E-state index contributed by atoms with van der Waals surface area (Å²) in [6.07, 6.45) is 5.77. The number of aryl methyl sites for hydroxylation is 1. The van der Waals surface area contributed by atoms with E-state index in [2.05, 4.69) is 10.0 Å². The fourth-order valence-corrected chi connectivity index (χ4v) is 4.67. The Morgan fingerprint density at radius 2 is 1.67 bits per heavy atom. The maximum atomic E-state index is 12.8. The second-order valence-electron chi connectivity index (χ2n) is 7.18. The molecule has 0 atom stereocenters. The average Bonchev–Trinajstić information content (AvgIpc) is 2.67. The molecule has 2 aromatic rings. The van der Waals surface area contributed by atoms with Gasteiger partial charge < -0.3 is 5.32 Å². The highest BCUT2D eigenvalue weighted by Crippen LogP contribution is 2.27. The molecule has 27 heavy (non-hydrogen) atoms. The summed E-state index contributed by atoms with van der Waals surface area (Å²) in [6, 6.07) is 13.7. The third-order valence-corrected chi connectivity index (χ3v) is 6.43. The van der Waals surface area contributed by atoms with Crippen molar-refractivity contribution < 1.29 is 13.2 Å². The Labute approximate surface area is 161 Å². The lowest BCUT2D eigenvalue weighted by Gasteiger charge is -2.21. The molecule has 6 heteroatoms. The number of carbonyl (C=O) groups excluding carboxylic acids is 1. The summed E-state index contributed by atoms with van der Waals surface area (Å²) in [6.45, 7) is 2.49. The molecule has 2 aromatic carbocycles. The van der Waals surface area contributed by atoms with Crippen LogP contribution in [0.4, 0.5) is 4.79 Å². The minimum atomic E-state index is -3.96. The van der Waals surface area contributed by atoms with E-state index < -0.39 is 16.1 Å². The van der Waals surface area contributed by atoms with Gasteiger partial charge in [-0.2, -0.15) is 0 Å². The first-order chi connectivity index (χ1) is 13.0. The largest absolute Gasteiger partial charge is 0.337 e. The average molecular weight is 387 g/mol. The minimum absolute atomic E-state index is 0.0988. The normalized spacial score (nSPS) is 15.3. The van der Waals surface area contributed by atoms with Crippen LogP contribution in [0.2, 0.25) is 0 Å². The standard InChI is InChI=1S/C21H26N2O3S/c1-16-11-13-18(14-12-16)19-9-5-6-10-20(19)27(25,26)23-21(24)22-15-17-7-3-2-4-8-17/h5-6,9-14,17H,2-4,7-8,15H2,1H3,(H2,22,23,24). The number of carbonyl (C=O) groups is 1. The fourth-order valence-electron chi connectivity index (χ4n) is 3.51. The van der Waals surface area contributed by atoms with Crippen LogP contribution >= 0.6 is 0 Å². The van der Waals surface area contributed by atoms with Crippen molar-refractivity contribution >= 4 is 16.1 Å². The highest BCUT2D eigenvalue weighted by molar-refractivity contribution is 7.90. The Balaban J connectivity index is 1.73. The number of benzene rings is 2. The van der Waals surface area contributed by atoms with Crippen molar-refractivity contribution in [2.75, 3.05) is 6.54 Å². The van der Waals surface area contributed by atoms with Crippen LogP contribution in [0.1, 0.15) is 37.7 Å². The van der Waals surface area contributed by atoms with Crippen LogP contribution in [0, 0.1) is 12.8 Å². The maximum Gasteiger partial charge on any atom is 0.328 e. The van der Waals surface area contributed by atoms with E-state index in [-0.39, 0.29) is 4.90 Å². The molecule has 0 bridgehead atoms. The first-order valence-corrected chi connectivity index (χ1v) is 10.9. The molecule has 1 aliphatic rings. The minimum Gasteiger partial charge on any atom is -0.337 e. The van der Waals surface area contributed by atoms with E-state index in [1.807, 2.05) is 31.2 Å². The van der Waals surface area contributed by atoms with Crippen molar-refractivity contribution in [3.05, 3.63) is 54.1 Å². The third-order valence-electron chi connectivity index (χ3n) is 5.04. The molecule has 0 saturated heterocycles. The molecule has 3 rings (SSSR count). The van der Waals surface area contributed by atoms with E-state index in [4.69, 9.17) is 0 Å². The van der Waals surface area contributed by atoms with Gasteiger partial charge >= 0.3 is 6.03 Å². The van der Waals surface area contributed by atoms with Crippen molar-refractivity contribution in [1.82, 2.24) is 10.0 Å². The molecule has 0 radical (unpaired) electrons. The quantitative estimate of drug-likeness (QED) is 0.807. The number of hydrogen-bond donors (Lipinski definition) is 2. The molecule has 1 saturated carbocycles. The van der Waals surface area contributed by atoms with Crippen molar-refractivity contribution in [1.29, 1.82) is 0 Å². The van der Waals surface area contributed by atoms with Gasteiger partial charge in [-0.25, -0.2) is 17.9 Å². The Morgan fingerprint density at radius 3 is 2.37 bits per heavy atom. The van der Waals surface area contributed by atoms with Crippen LogP contribution in [0.25, 0.3) is 11.1 Å². The van der Waals surface area contributed by atoms with Crippen molar-refractivity contribution in [2.24, 2.45) is 5.92 Å². The molecule has 1 aliphatic carbocycles. The zero-order chi connectivity index (χ0) is 19.3. The summed E-state index contributed by atoms with van der Waals surface area (Å²) < 4.78 is 27.7. The number of amides is 2. The predicted molar refractivity (Wildman–Crippen MR) is 107 cm³/mol. The van der Waals surface area contributed by atoms with Crippen LogP contribution in [0.5, 0.6) is 0 Å². The monoisotopic (exact) mass is 386 g/mol. The molecular formula is C21H26N2O3S. The Bertz CT molecular complexity index is 886. The Hall–Kier alpha value is -2.34. The maximum absolute atomic E-state index is 12.8. The second-order valence-corrected chi connectivity index (χ2v) is 8.83. The highest BCUT2D eigenvalue weighted by atomic mass is 32.2. The first kappa shape index (κ1) is 19.4. The number of hydrogen-bond acceptors (Lipinski definition) is 3. The molecule has 0 spiro atoms. The van der Waals surface area contributed by atoms with E-state index in [0.29, 0.717) is 18.0 Å². The van der Waals surface area contributed by atoms with Crippen LogP contribution in [0.3, 0.4) is 0 Å². The highest BCUT2D eigenvalue weighted by Gasteiger charge is 2.22. The lowest BCUT2D eigenvalue weighted by atomic mass is 9.89. The second kappa shape index (κ2) is 8.57. The van der Waals surface area contributed by atoms with E-state index >= 15 is 0 Å². The van der Waals surface area contributed by atoms with Gasteiger partial charge in [0.2, 0.25) is 0 Å².